The summed E-state index contributed by atoms with van der Waals surface area (Å²) in [7, 11) is 0.0892. The molecule has 2 rings (SSSR count). The van der Waals surface area contributed by atoms with Crippen molar-refractivity contribution in [2.75, 3.05) is 7.11 Å². The smallest absolute Gasteiger partial charge is 0.257 e. The third-order valence-corrected chi connectivity index (χ3v) is 4.60. The van der Waals surface area contributed by atoms with Gasteiger partial charge in [-0.3, -0.25) is 4.79 Å². The van der Waals surface area contributed by atoms with Crippen LogP contribution in [0.25, 0.3) is 10.9 Å². The Morgan fingerprint density at radius 2 is 2.00 bits per heavy atom. The Morgan fingerprint density at radius 1 is 1.32 bits per heavy atom. The quantitative estimate of drug-likeness (QED) is 0.873. The fourth-order valence-corrected chi connectivity index (χ4v) is 2.51. The Balaban J connectivity index is 2.49. The summed E-state index contributed by atoms with van der Waals surface area (Å²) >= 11 is 6.08. The number of aromatic nitrogens is 1. The molecule has 0 aliphatic rings. The lowest BCUT2D eigenvalue weighted by molar-refractivity contribution is 0.415. The number of benzene rings is 1. The summed E-state index contributed by atoms with van der Waals surface area (Å²) in [5.74, 6) is 0.486. The fraction of sp³-hybridized carbons (Fsp3) is 0.333. The molecular weight excluding hydrogens is 324 g/mol. The number of rotatable bonds is 3. The number of pyridine rings is 1. The number of methoxy groups -OCH3 is 1. The monoisotopic (exact) mass is 340 g/mol. The number of hydrogen-bond acceptors (Lipinski definition) is 3. The van der Waals surface area contributed by atoms with Crippen molar-refractivity contribution < 1.29 is 8.95 Å². The zero-order chi connectivity index (χ0) is 16.5. The Hall–Kier alpha value is -1.66. The van der Waals surface area contributed by atoms with Crippen LogP contribution in [0.1, 0.15) is 26.3 Å². The molecule has 5 nitrogen and oxygen atoms in total. The van der Waals surface area contributed by atoms with Crippen LogP contribution >= 0.6 is 11.6 Å². The maximum Gasteiger partial charge on any atom is 0.257 e. The molecule has 118 valence electrons. The van der Waals surface area contributed by atoms with Crippen molar-refractivity contribution in [2.24, 2.45) is 4.40 Å². The molecule has 0 aliphatic heterocycles. The van der Waals surface area contributed by atoms with Gasteiger partial charge in [0, 0.05) is 11.5 Å². The van der Waals surface area contributed by atoms with E-state index in [0.717, 1.165) is 5.39 Å². The van der Waals surface area contributed by atoms with E-state index in [4.69, 9.17) is 16.3 Å². The van der Waals surface area contributed by atoms with Crippen LogP contribution in [0, 0.1) is 0 Å². The predicted molar refractivity (Wildman–Crippen MR) is 91.6 cm³/mol. The van der Waals surface area contributed by atoms with Crippen LogP contribution in [-0.4, -0.2) is 27.3 Å². The second-order valence-electron chi connectivity index (χ2n) is 5.72. The van der Waals surface area contributed by atoms with E-state index in [1.54, 1.807) is 18.2 Å². The van der Waals surface area contributed by atoms with E-state index < -0.39 is 15.7 Å². The first-order valence-electron chi connectivity index (χ1n) is 6.59. The summed E-state index contributed by atoms with van der Waals surface area (Å²) in [6.07, 6.45) is 1.33. The van der Waals surface area contributed by atoms with Gasteiger partial charge in [-0.15, -0.1) is 0 Å². The number of nitrogens with zero attached hydrogens (tertiary/aromatic N) is 1. The topological polar surface area (TPSA) is 71.5 Å². The molecule has 0 fully saturated rings. The van der Waals surface area contributed by atoms with Gasteiger partial charge in [0.15, 0.2) is 0 Å². The third-order valence-electron chi connectivity index (χ3n) is 2.96. The van der Waals surface area contributed by atoms with Crippen LogP contribution in [0.15, 0.2) is 27.4 Å². The first-order chi connectivity index (χ1) is 10.2. The molecule has 1 N–H and O–H groups in total. The van der Waals surface area contributed by atoms with Crippen molar-refractivity contribution in [1.82, 2.24) is 4.98 Å². The SMILES string of the molecule is COc1cc2[nH]c(=O)c(C=NS(=O)C(C)(C)C)cc2cc1Cl. The van der Waals surface area contributed by atoms with Gasteiger partial charge in [-0.2, -0.15) is 4.40 Å². The van der Waals surface area contributed by atoms with Gasteiger partial charge in [0.1, 0.15) is 16.7 Å². The predicted octanol–water partition coefficient (Wildman–Crippen LogP) is 3.07. The Bertz CT molecular complexity index is 822. The Morgan fingerprint density at radius 3 is 2.59 bits per heavy atom. The summed E-state index contributed by atoms with van der Waals surface area (Å²) in [6.45, 7) is 5.45. The summed E-state index contributed by atoms with van der Waals surface area (Å²) in [5.41, 5.74) is 0.623. The molecule has 0 aliphatic carbocycles. The van der Waals surface area contributed by atoms with Crippen LogP contribution in [0.3, 0.4) is 0 Å². The minimum absolute atomic E-state index is 0.313. The molecule has 0 spiro atoms. The molecule has 0 radical (unpaired) electrons. The normalized spacial score (nSPS) is 13.7. The zero-order valence-corrected chi connectivity index (χ0v) is 14.3. The van der Waals surface area contributed by atoms with Gasteiger partial charge in [-0.05, 0) is 32.9 Å². The van der Waals surface area contributed by atoms with E-state index in [1.165, 1.54) is 13.3 Å². The van der Waals surface area contributed by atoms with E-state index in [-0.39, 0.29) is 5.56 Å². The van der Waals surface area contributed by atoms with Crippen LogP contribution < -0.4 is 10.3 Å². The number of hydrogen-bond donors (Lipinski definition) is 1. The maximum atomic E-state index is 12.1. The average Bonchev–Trinajstić information content (AvgIpc) is 2.43. The van der Waals surface area contributed by atoms with Gasteiger partial charge in [0.05, 0.1) is 34.2 Å². The van der Waals surface area contributed by atoms with Crippen molar-refractivity contribution in [3.05, 3.63) is 39.1 Å². The van der Waals surface area contributed by atoms with Crippen molar-refractivity contribution in [2.45, 2.75) is 25.5 Å². The first kappa shape index (κ1) is 16.7. The number of nitrogens with one attached hydrogen (secondary N) is 1. The highest BCUT2D eigenvalue weighted by Crippen LogP contribution is 2.28. The van der Waals surface area contributed by atoms with Crippen LogP contribution in [0.2, 0.25) is 5.02 Å². The summed E-state index contributed by atoms with van der Waals surface area (Å²) in [5, 5.41) is 1.19. The molecule has 7 heteroatoms. The van der Waals surface area contributed by atoms with Crippen molar-refractivity contribution in [3.8, 4) is 5.75 Å². The lowest BCUT2D eigenvalue weighted by Crippen LogP contribution is -2.20. The molecule has 0 amide bonds. The first-order valence-corrected chi connectivity index (χ1v) is 8.07. The largest absolute Gasteiger partial charge is 0.495 e. The van der Waals surface area contributed by atoms with Crippen LogP contribution in [0.5, 0.6) is 5.75 Å². The molecule has 1 unspecified atom stereocenters. The Labute approximate surface area is 136 Å². The summed E-state index contributed by atoms with van der Waals surface area (Å²) in [6, 6.07) is 5.01. The second-order valence-corrected chi connectivity index (χ2v) is 8.06. The van der Waals surface area contributed by atoms with E-state index in [9.17, 15) is 9.00 Å². The number of ether oxygens (including phenoxy) is 1. The maximum absolute atomic E-state index is 12.1. The van der Waals surface area contributed by atoms with Crippen LogP contribution in [0.4, 0.5) is 0 Å². The van der Waals surface area contributed by atoms with E-state index in [2.05, 4.69) is 9.38 Å². The number of halogens is 1. The number of fused-ring (bicyclic) bond motifs is 1. The molecule has 0 saturated carbocycles. The van der Waals surface area contributed by atoms with Crippen molar-refractivity contribution in [1.29, 1.82) is 0 Å². The molecule has 1 heterocycles. The molecule has 2 aromatic rings. The van der Waals surface area contributed by atoms with Gasteiger partial charge in [-0.1, -0.05) is 11.6 Å². The molecule has 22 heavy (non-hydrogen) atoms. The van der Waals surface area contributed by atoms with Crippen LogP contribution in [-0.2, 0) is 11.0 Å². The van der Waals surface area contributed by atoms with Crippen molar-refractivity contribution >= 4 is 39.7 Å². The Kier molecular flexibility index (Phi) is 4.72. The highest BCUT2D eigenvalue weighted by Gasteiger charge is 2.18. The van der Waals surface area contributed by atoms with Gasteiger partial charge < -0.3 is 9.72 Å². The zero-order valence-electron chi connectivity index (χ0n) is 12.8. The average molecular weight is 341 g/mol. The van der Waals surface area contributed by atoms with Gasteiger partial charge >= 0.3 is 0 Å². The van der Waals surface area contributed by atoms with Gasteiger partial charge in [-0.25, -0.2) is 4.21 Å². The van der Waals surface area contributed by atoms with Gasteiger partial charge in [0.2, 0.25) is 0 Å². The number of aromatic amines is 1. The third kappa shape index (κ3) is 3.56. The molecule has 0 saturated heterocycles. The lowest BCUT2D eigenvalue weighted by Gasteiger charge is -2.12. The highest BCUT2D eigenvalue weighted by atomic mass is 35.5. The minimum atomic E-state index is -1.42. The standard InChI is InChI=1S/C15H17ClN2O3S/c1-15(2,3)22(20)17-8-10-5-9-6-11(16)13(21-4)7-12(9)18-14(10)19/h5-8H,1-4H3,(H,18,19). The molecular formula is C15H17ClN2O3S. The number of H-pyrrole nitrogens is 1. The van der Waals surface area contributed by atoms with E-state index in [0.29, 0.717) is 21.9 Å². The highest BCUT2D eigenvalue weighted by molar-refractivity contribution is 7.85. The van der Waals surface area contributed by atoms with E-state index in [1.807, 2.05) is 20.8 Å². The molecule has 1 atom stereocenters. The minimum Gasteiger partial charge on any atom is -0.495 e. The fourth-order valence-electron chi connectivity index (χ4n) is 1.74. The van der Waals surface area contributed by atoms with E-state index >= 15 is 0 Å². The summed E-state index contributed by atoms with van der Waals surface area (Å²) < 4.78 is 20.5. The molecule has 1 aromatic carbocycles. The van der Waals surface area contributed by atoms with Crippen molar-refractivity contribution in [3.63, 3.8) is 0 Å². The second kappa shape index (κ2) is 6.22. The summed E-state index contributed by atoms with van der Waals surface area (Å²) in [4.78, 5) is 14.8. The molecule has 0 bridgehead atoms. The molecule has 1 aromatic heterocycles. The van der Waals surface area contributed by atoms with Gasteiger partial charge in [0.25, 0.3) is 5.56 Å². The lowest BCUT2D eigenvalue weighted by atomic mass is 10.1.